The van der Waals surface area contributed by atoms with E-state index in [-0.39, 0.29) is 12.2 Å². The lowest BCUT2D eigenvalue weighted by molar-refractivity contribution is -0.117. The number of halogens is 1. The van der Waals surface area contributed by atoms with Crippen LogP contribution >= 0.6 is 0 Å². The number of hydrogen-bond donors (Lipinski definition) is 1. The molecule has 1 N–H and O–H groups in total. The molecule has 0 aliphatic heterocycles. The molecule has 0 spiro atoms. The maximum Gasteiger partial charge on any atom is 0.267 e. The summed E-state index contributed by atoms with van der Waals surface area (Å²) in [5.41, 5.74) is 3.31. The minimum absolute atomic E-state index is 0.0658. The van der Waals surface area contributed by atoms with Crippen LogP contribution in [0, 0.1) is 19.7 Å². The molecule has 132 valence electrons. The SMILES string of the molecule is Cc1ccc(-c2ccc(=O)n(CC(=O)Nc3ccccc3F)n2)c(C)c1. The summed E-state index contributed by atoms with van der Waals surface area (Å²) in [4.78, 5) is 24.2. The molecule has 0 saturated carbocycles. The summed E-state index contributed by atoms with van der Waals surface area (Å²) >= 11 is 0. The van der Waals surface area contributed by atoms with Crippen LogP contribution in [-0.2, 0) is 11.3 Å². The van der Waals surface area contributed by atoms with E-state index in [0.29, 0.717) is 5.69 Å². The Morgan fingerprint density at radius 1 is 1.12 bits per heavy atom. The van der Waals surface area contributed by atoms with Gasteiger partial charge in [0.05, 0.1) is 11.4 Å². The maximum absolute atomic E-state index is 13.6. The van der Waals surface area contributed by atoms with Crippen LogP contribution in [0.4, 0.5) is 10.1 Å². The number of anilines is 1. The zero-order valence-corrected chi connectivity index (χ0v) is 14.5. The van der Waals surface area contributed by atoms with Crippen molar-refractivity contribution in [3.05, 3.63) is 81.9 Å². The van der Waals surface area contributed by atoms with Crippen molar-refractivity contribution in [2.45, 2.75) is 20.4 Å². The van der Waals surface area contributed by atoms with E-state index in [0.717, 1.165) is 21.4 Å². The van der Waals surface area contributed by atoms with E-state index in [2.05, 4.69) is 10.4 Å². The molecule has 0 aliphatic rings. The van der Waals surface area contributed by atoms with Crippen LogP contribution in [0.5, 0.6) is 0 Å². The molecule has 0 saturated heterocycles. The first-order valence-electron chi connectivity index (χ1n) is 8.14. The number of aryl methyl sites for hydroxylation is 2. The predicted octanol–water partition coefficient (Wildman–Crippen LogP) is 3.30. The van der Waals surface area contributed by atoms with Crippen LogP contribution < -0.4 is 10.9 Å². The third-order valence-corrected chi connectivity index (χ3v) is 3.97. The first-order valence-corrected chi connectivity index (χ1v) is 8.14. The molecule has 26 heavy (non-hydrogen) atoms. The van der Waals surface area contributed by atoms with Crippen LogP contribution in [-0.4, -0.2) is 15.7 Å². The number of nitrogens with one attached hydrogen (secondary N) is 1. The van der Waals surface area contributed by atoms with Crippen LogP contribution in [0.25, 0.3) is 11.3 Å². The summed E-state index contributed by atoms with van der Waals surface area (Å²) in [7, 11) is 0. The molecule has 3 aromatic rings. The first kappa shape index (κ1) is 17.5. The van der Waals surface area contributed by atoms with Crippen LogP contribution in [0.1, 0.15) is 11.1 Å². The van der Waals surface area contributed by atoms with E-state index in [1.54, 1.807) is 12.1 Å². The summed E-state index contributed by atoms with van der Waals surface area (Å²) in [6.07, 6.45) is 0. The Labute approximate surface area is 150 Å². The van der Waals surface area contributed by atoms with Gasteiger partial charge in [-0.15, -0.1) is 0 Å². The Bertz CT molecular complexity index is 1030. The monoisotopic (exact) mass is 351 g/mol. The summed E-state index contributed by atoms with van der Waals surface area (Å²) in [6.45, 7) is 3.66. The van der Waals surface area contributed by atoms with E-state index < -0.39 is 17.3 Å². The van der Waals surface area contributed by atoms with Crippen molar-refractivity contribution in [2.75, 3.05) is 5.32 Å². The van der Waals surface area contributed by atoms with Gasteiger partial charge in [-0.25, -0.2) is 9.07 Å². The topological polar surface area (TPSA) is 64.0 Å². The number of carbonyl (C=O) groups is 1. The Balaban J connectivity index is 1.85. The number of aromatic nitrogens is 2. The van der Waals surface area contributed by atoms with Gasteiger partial charge in [-0.3, -0.25) is 9.59 Å². The van der Waals surface area contributed by atoms with Gasteiger partial charge in [-0.2, -0.15) is 5.10 Å². The van der Waals surface area contributed by atoms with Gasteiger partial charge < -0.3 is 5.32 Å². The normalized spacial score (nSPS) is 10.6. The molecular formula is C20H18FN3O2. The number of rotatable bonds is 4. The van der Waals surface area contributed by atoms with Crippen LogP contribution in [0.15, 0.2) is 59.4 Å². The third kappa shape index (κ3) is 3.85. The molecule has 0 bridgehead atoms. The molecule has 0 unspecified atom stereocenters. The number of carbonyl (C=O) groups excluding carboxylic acids is 1. The van der Waals surface area contributed by atoms with E-state index in [1.807, 2.05) is 32.0 Å². The fourth-order valence-electron chi connectivity index (χ4n) is 2.70. The molecule has 1 aromatic heterocycles. The summed E-state index contributed by atoms with van der Waals surface area (Å²) in [5, 5.41) is 6.74. The van der Waals surface area contributed by atoms with Gasteiger partial charge in [0.1, 0.15) is 12.4 Å². The number of amides is 1. The van der Waals surface area contributed by atoms with E-state index in [4.69, 9.17) is 0 Å². The fourth-order valence-corrected chi connectivity index (χ4v) is 2.70. The van der Waals surface area contributed by atoms with Gasteiger partial charge in [0.25, 0.3) is 5.56 Å². The maximum atomic E-state index is 13.6. The Kier molecular flexibility index (Phi) is 4.93. The summed E-state index contributed by atoms with van der Waals surface area (Å²) in [5.74, 6) is -1.06. The quantitative estimate of drug-likeness (QED) is 0.784. The Morgan fingerprint density at radius 2 is 1.88 bits per heavy atom. The fraction of sp³-hybridized carbons (Fsp3) is 0.150. The molecule has 2 aromatic carbocycles. The van der Waals surface area contributed by atoms with Gasteiger partial charge in [-0.05, 0) is 37.6 Å². The van der Waals surface area contributed by atoms with Gasteiger partial charge in [0.15, 0.2) is 0 Å². The molecule has 0 atom stereocenters. The molecule has 5 nitrogen and oxygen atoms in total. The average Bonchev–Trinajstić information content (AvgIpc) is 2.59. The van der Waals surface area contributed by atoms with Crippen LogP contribution in [0.2, 0.25) is 0 Å². The van der Waals surface area contributed by atoms with Crippen molar-refractivity contribution in [3.63, 3.8) is 0 Å². The lowest BCUT2D eigenvalue weighted by Crippen LogP contribution is -2.29. The van der Waals surface area contributed by atoms with E-state index in [1.165, 1.54) is 24.3 Å². The lowest BCUT2D eigenvalue weighted by atomic mass is 10.0. The second-order valence-electron chi connectivity index (χ2n) is 6.06. The zero-order chi connectivity index (χ0) is 18.7. The average molecular weight is 351 g/mol. The van der Waals surface area contributed by atoms with Gasteiger partial charge in [0, 0.05) is 11.6 Å². The third-order valence-electron chi connectivity index (χ3n) is 3.97. The molecule has 6 heteroatoms. The lowest BCUT2D eigenvalue weighted by Gasteiger charge is -2.10. The predicted molar refractivity (Wildman–Crippen MR) is 98.4 cm³/mol. The minimum atomic E-state index is -0.537. The van der Waals surface area contributed by atoms with Crippen molar-refractivity contribution < 1.29 is 9.18 Å². The van der Waals surface area contributed by atoms with E-state index in [9.17, 15) is 14.0 Å². The van der Waals surface area contributed by atoms with Gasteiger partial charge in [-0.1, -0.05) is 35.9 Å². The molecule has 0 fully saturated rings. The molecule has 3 rings (SSSR count). The first-order chi connectivity index (χ1) is 12.4. The Morgan fingerprint density at radius 3 is 2.62 bits per heavy atom. The minimum Gasteiger partial charge on any atom is -0.322 e. The Hall–Kier alpha value is -3.28. The highest BCUT2D eigenvalue weighted by atomic mass is 19.1. The van der Waals surface area contributed by atoms with Crippen molar-refractivity contribution >= 4 is 11.6 Å². The van der Waals surface area contributed by atoms with Crippen molar-refractivity contribution in [1.29, 1.82) is 0 Å². The molecule has 0 radical (unpaired) electrons. The smallest absolute Gasteiger partial charge is 0.267 e. The number of nitrogens with zero attached hydrogens (tertiary/aromatic N) is 2. The molecule has 1 heterocycles. The number of hydrogen-bond acceptors (Lipinski definition) is 3. The molecule has 0 aliphatic carbocycles. The molecule has 1 amide bonds. The second kappa shape index (κ2) is 7.31. The zero-order valence-electron chi connectivity index (χ0n) is 14.5. The summed E-state index contributed by atoms with van der Waals surface area (Å²) in [6, 6.07) is 14.8. The highest BCUT2D eigenvalue weighted by Crippen LogP contribution is 2.21. The van der Waals surface area contributed by atoms with Crippen molar-refractivity contribution in [1.82, 2.24) is 9.78 Å². The second-order valence-corrected chi connectivity index (χ2v) is 6.06. The number of benzene rings is 2. The van der Waals surface area contributed by atoms with Crippen molar-refractivity contribution in [2.24, 2.45) is 0 Å². The number of para-hydroxylation sites is 1. The highest BCUT2D eigenvalue weighted by molar-refractivity contribution is 5.90. The molecular weight excluding hydrogens is 333 g/mol. The standard InChI is InChI=1S/C20H18FN3O2/c1-13-7-8-15(14(2)11-13)17-9-10-20(26)24(23-17)12-19(25)22-18-6-4-3-5-16(18)21/h3-11H,12H2,1-2H3,(H,22,25). The highest BCUT2D eigenvalue weighted by Gasteiger charge is 2.11. The van der Waals surface area contributed by atoms with Gasteiger partial charge in [0.2, 0.25) is 5.91 Å². The summed E-state index contributed by atoms with van der Waals surface area (Å²) < 4.78 is 14.7. The largest absolute Gasteiger partial charge is 0.322 e. The van der Waals surface area contributed by atoms with Crippen LogP contribution in [0.3, 0.4) is 0 Å². The van der Waals surface area contributed by atoms with Crippen molar-refractivity contribution in [3.8, 4) is 11.3 Å². The van der Waals surface area contributed by atoms with Gasteiger partial charge >= 0.3 is 0 Å². The van der Waals surface area contributed by atoms with E-state index >= 15 is 0 Å².